The molecule has 1 aliphatic rings. The molecule has 1 saturated heterocycles. The Labute approximate surface area is 153 Å². The van der Waals surface area contributed by atoms with Crippen molar-refractivity contribution in [2.75, 3.05) is 38.5 Å². The van der Waals surface area contributed by atoms with Gasteiger partial charge in [-0.05, 0) is 56.3 Å². The molecule has 1 fully saturated rings. The van der Waals surface area contributed by atoms with Crippen molar-refractivity contribution >= 4 is 17.5 Å². The number of amides is 2. The Bertz CT molecular complexity index is 826. The van der Waals surface area contributed by atoms with Gasteiger partial charge >= 0.3 is 0 Å². The highest BCUT2D eigenvalue weighted by Crippen LogP contribution is 2.15. The maximum Gasteiger partial charge on any atom is 0.274 e. The molecule has 2 heterocycles. The number of aryl methyl sites for hydroxylation is 2. The number of anilines is 1. The monoisotopic (exact) mass is 352 g/mol. The minimum atomic E-state index is -0.318. The fourth-order valence-corrected chi connectivity index (χ4v) is 2.89. The number of aromatic nitrogens is 1. The number of likely N-dealkylation sites (N-methyl/N-ethyl adjacent to an activating group) is 1. The van der Waals surface area contributed by atoms with Crippen LogP contribution in [0.1, 0.15) is 32.0 Å². The van der Waals surface area contributed by atoms with Crippen LogP contribution in [-0.4, -0.2) is 59.8 Å². The van der Waals surface area contributed by atoms with Crippen LogP contribution in [0.25, 0.3) is 0 Å². The number of rotatable bonds is 3. The summed E-state index contributed by atoms with van der Waals surface area (Å²) in [6.45, 7) is 7.13. The Morgan fingerprint density at radius 1 is 1.00 bits per heavy atom. The third kappa shape index (κ3) is 4.08. The molecule has 6 nitrogen and oxygen atoms in total. The molecule has 6 heteroatoms. The molecule has 26 heavy (non-hydrogen) atoms. The van der Waals surface area contributed by atoms with Gasteiger partial charge in [-0.25, -0.2) is 0 Å². The van der Waals surface area contributed by atoms with E-state index in [1.807, 2.05) is 44.0 Å². The number of pyridine rings is 1. The lowest BCUT2D eigenvalue weighted by atomic mass is 10.1. The first-order chi connectivity index (χ1) is 12.4. The lowest BCUT2D eigenvalue weighted by Crippen LogP contribution is -2.47. The van der Waals surface area contributed by atoms with E-state index in [0.29, 0.717) is 18.7 Å². The van der Waals surface area contributed by atoms with Crippen LogP contribution in [0.3, 0.4) is 0 Å². The van der Waals surface area contributed by atoms with E-state index in [2.05, 4.69) is 15.2 Å². The molecule has 1 N–H and O–H groups in total. The molecule has 2 aromatic rings. The van der Waals surface area contributed by atoms with Crippen molar-refractivity contribution < 1.29 is 9.59 Å². The van der Waals surface area contributed by atoms with Gasteiger partial charge in [0, 0.05) is 43.6 Å². The van der Waals surface area contributed by atoms with Gasteiger partial charge in [0.05, 0.1) is 0 Å². The molecule has 0 saturated carbocycles. The van der Waals surface area contributed by atoms with Crippen LogP contribution in [0.5, 0.6) is 0 Å². The summed E-state index contributed by atoms with van der Waals surface area (Å²) in [6, 6.07) is 8.97. The summed E-state index contributed by atoms with van der Waals surface area (Å²) in [4.78, 5) is 33.3. The number of piperazine rings is 1. The molecule has 0 atom stereocenters. The Balaban J connectivity index is 1.72. The second kappa shape index (κ2) is 7.66. The fourth-order valence-electron chi connectivity index (χ4n) is 2.89. The van der Waals surface area contributed by atoms with Crippen LogP contribution < -0.4 is 5.32 Å². The Kier molecular flexibility index (Phi) is 5.32. The van der Waals surface area contributed by atoms with Crippen LogP contribution in [0, 0.1) is 13.8 Å². The SMILES string of the molecule is Cc1ccc(NC(=O)c2cc(C(=O)N3CCN(C)CC3)ccn2)cc1C. The molecule has 3 rings (SSSR count). The molecule has 0 spiro atoms. The zero-order valence-corrected chi connectivity index (χ0v) is 15.5. The van der Waals surface area contributed by atoms with Crippen LogP contribution >= 0.6 is 0 Å². The number of carbonyl (C=O) groups is 2. The highest BCUT2D eigenvalue weighted by atomic mass is 16.2. The van der Waals surface area contributed by atoms with Crippen molar-refractivity contribution in [1.29, 1.82) is 0 Å². The molecule has 1 aromatic carbocycles. The number of hydrogen-bond acceptors (Lipinski definition) is 4. The normalized spacial score (nSPS) is 15.0. The average Bonchev–Trinajstić information content (AvgIpc) is 2.65. The van der Waals surface area contributed by atoms with E-state index in [4.69, 9.17) is 0 Å². The van der Waals surface area contributed by atoms with Gasteiger partial charge in [-0.3, -0.25) is 14.6 Å². The standard InChI is InChI=1S/C20H24N4O2/c1-14-4-5-17(12-15(14)2)22-19(25)18-13-16(6-7-21-18)20(26)24-10-8-23(3)9-11-24/h4-7,12-13H,8-11H2,1-3H3,(H,22,25). The summed E-state index contributed by atoms with van der Waals surface area (Å²) in [5, 5.41) is 2.84. The Morgan fingerprint density at radius 3 is 2.42 bits per heavy atom. The van der Waals surface area contributed by atoms with Crippen molar-refractivity contribution in [2.45, 2.75) is 13.8 Å². The molecule has 0 bridgehead atoms. The first kappa shape index (κ1) is 18.1. The molecule has 136 valence electrons. The maximum absolute atomic E-state index is 12.7. The predicted molar refractivity (Wildman–Crippen MR) is 102 cm³/mol. The number of carbonyl (C=O) groups excluding carboxylic acids is 2. The highest BCUT2D eigenvalue weighted by molar-refractivity contribution is 6.04. The third-order valence-electron chi connectivity index (χ3n) is 4.79. The summed E-state index contributed by atoms with van der Waals surface area (Å²) >= 11 is 0. The summed E-state index contributed by atoms with van der Waals surface area (Å²) in [7, 11) is 2.05. The van der Waals surface area contributed by atoms with Gasteiger partial charge in [-0.15, -0.1) is 0 Å². The molecular formula is C20H24N4O2. The molecule has 1 aliphatic heterocycles. The maximum atomic E-state index is 12.7. The van der Waals surface area contributed by atoms with E-state index < -0.39 is 0 Å². The average molecular weight is 352 g/mol. The Morgan fingerprint density at radius 2 is 1.73 bits per heavy atom. The topological polar surface area (TPSA) is 65.5 Å². The first-order valence-corrected chi connectivity index (χ1v) is 8.76. The molecule has 2 amide bonds. The summed E-state index contributed by atoms with van der Waals surface area (Å²) in [5.41, 5.74) is 3.73. The lowest BCUT2D eigenvalue weighted by molar-refractivity contribution is 0.0664. The van der Waals surface area contributed by atoms with Crippen molar-refractivity contribution in [3.8, 4) is 0 Å². The van der Waals surface area contributed by atoms with Crippen molar-refractivity contribution in [3.05, 3.63) is 58.9 Å². The number of hydrogen-bond donors (Lipinski definition) is 1. The summed E-state index contributed by atoms with van der Waals surface area (Å²) < 4.78 is 0. The van der Waals surface area contributed by atoms with Gasteiger partial charge in [0.15, 0.2) is 0 Å². The smallest absolute Gasteiger partial charge is 0.274 e. The highest BCUT2D eigenvalue weighted by Gasteiger charge is 2.21. The van der Waals surface area contributed by atoms with Gasteiger partial charge in [-0.1, -0.05) is 6.07 Å². The van der Waals surface area contributed by atoms with Crippen LogP contribution in [-0.2, 0) is 0 Å². The van der Waals surface area contributed by atoms with Crippen LogP contribution in [0.2, 0.25) is 0 Å². The summed E-state index contributed by atoms with van der Waals surface area (Å²) in [5.74, 6) is -0.373. The molecular weight excluding hydrogens is 328 g/mol. The minimum absolute atomic E-state index is 0.0549. The van der Waals surface area contributed by atoms with Gasteiger partial charge < -0.3 is 15.1 Å². The fraction of sp³-hybridized carbons (Fsp3) is 0.350. The van der Waals surface area contributed by atoms with Crippen molar-refractivity contribution in [2.24, 2.45) is 0 Å². The third-order valence-corrected chi connectivity index (χ3v) is 4.79. The van der Waals surface area contributed by atoms with E-state index >= 15 is 0 Å². The minimum Gasteiger partial charge on any atom is -0.336 e. The second-order valence-corrected chi connectivity index (χ2v) is 6.78. The number of nitrogens with zero attached hydrogens (tertiary/aromatic N) is 3. The van der Waals surface area contributed by atoms with Crippen molar-refractivity contribution in [1.82, 2.24) is 14.8 Å². The first-order valence-electron chi connectivity index (χ1n) is 8.76. The number of benzene rings is 1. The van der Waals surface area contributed by atoms with Crippen molar-refractivity contribution in [3.63, 3.8) is 0 Å². The van der Waals surface area contributed by atoms with Gasteiger partial charge in [0.25, 0.3) is 11.8 Å². The van der Waals surface area contributed by atoms with Crippen LogP contribution in [0.4, 0.5) is 5.69 Å². The zero-order valence-electron chi connectivity index (χ0n) is 15.5. The van der Waals surface area contributed by atoms with E-state index in [-0.39, 0.29) is 17.5 Å². The quantitative estimate of drug-likeness (QED) is 0.921. The molecule has 0 radical (unpaired) electrons. The zero-order chi connectivity index (χ0) is 18.7. The number of nitrogens with one attached hydrogen (secondary N) is 1. The van der Waals surface area contributed by atoms with E-state index in [1.54, 1.807) is 12.1 Å². The van der Waals surface area contributed by atoms with Gasteiger partial charge in [-0.2, -0.15) is 0 Å². The molecule has 0 unspecified atom stereocenters. The van der Waals surface area contributed by atoms with E-state index in [0.717, 1.165) is 24.3 Å². The molecule has 1 aromatic heterocycles. The Hall–Kier alpha value is -2.73. The largest absolute Gasteiger partial charge is 0.336 e. The van der Waals surface area contributed by atoms with Gasteiger partial charge in [0.1, 0.15) is 5.69 Å². The lowest BCUT2D eigenvalue weighted by Gasteiger charge is -2.32. The van der Waals surface area contributed by atoms with E-state index in [9.17, 15) is 9.59 Å². The van der Waals surface area contributed by atoms with E-state index in [1.165, 1.54) is 11.8 Å². The molecule has 0 aliphatic carbocycles. The second-order valence-electron chi connectivity index (χ2n) is 6.78. The predicted octanol–water partition coefficient (Wildman–Crippen LogP) is 2.34. The van der Waals surface area contributed by atoms with Gasteiger partial charge in [0.2, 0.25) is 0 Å². The summed E-state index contributed by atoms with van der Waals surface area (Å²) in [6.07, 6.45) is 1.51. The van der Waals surface area contributed by atoms with Crippen LogP contribution in [0.15, 0.2) is 36.5 Å².